The summed E-state index contributed by atoms with van der Waals surface area (Å²) < 4.78 is 0. The van der Waals surface area contributed by atoms with Crippen molar-refractivity contribution in [2.75, 3.05) is 13.1 Å². The molecule has 0 aliphatic heterocycles. The maximum Gasteiger partial charge on any atom is 0.254 e. The van der Waals surface area contributed by atoms with E-state index in [1.807, 2.05) is 79.4 Å². The van der Waals surface area contributed by atoms with E-state index in [0.717, 1.165) is 68.4 Å². The highest BCUT2D eigenvalue weighted by Crippen LogP contribution is 2.35. The van der Waals surface area contributed by atoms with Crippen LogP contribution in [0.25, 0.3) is 0 Å². The predicted molar refractivity (Wildman–Crippen MR) is 241 cm³/mol. The molecule has 0 heterocycles. The molecule has 2 aromatic carbocycles. The highest BCUT2D eigenvalue weighted by molar-refractivity contribution is 5.97. The molecule has 5 heteroatoms. The van der Waals surface area contributed by atoms with Gasteiger partial charge in [-0.2, -0.15) is 0 Å². The zero-order valence-corrected chi connectivity index (χ0v) is 37.8. The molecule has 2 aromatic rings. The van der Waals surface area contributed by atoms with Gasteiger partial charge >= 0.3 is 0 Å². The molecule has 5 atom stereocenters. The van der Waals surface area contributed by atoms with E-state index in [1.54, 1.807) is 6.92 Å². The zero-order valence-electron chi connectivity index (χ0n) is 37.8. The molecule has 56 heavy (non-hydrogen) atoms. The Morgan fingerprint density at radius 2 is 0.946 bits per heavy atom. The minimum atomic E-state index is -0.328. The summed E-state index contributed by atoms with van der Waals surface area (Å²) in [6, 6.07) is 19.1. The van der Waals surface area contributed by atoms with E-state index in [9.17, 15) is 14.4 Å². The Balaban J connectivity index is 0.00000771. The first kappa shape index (κ1) is 51.1. The van der Waals surface area contributed by atoms with Gasteiger partial charge in [-0.1, -0.05) is 181 Å². The van der Waals surface area contributed by atoms with Gasteiger partial charge in [-0.25, -0.2) is 0 Å². The summed E-state index contributed by atoms with van der Waals surface area (Å²) in [4.78, 5) is 43.1. The number of unbranched alkanes of at least 4 members (excludes halogenated alkanes) is 10. The molecule has 0 saturated carbocycles. The Morgan fingerprint density at radius 3 is 1.39 bits per heavy atom. The fourth-order valence-electron chi connectivity index (χ4n) is 8.63. The third-order valence-corrected chi connectivity index (χ3v) is 12.1. The molecule has 0 aliphatic carbocycles. The number of Topliss-reactive ketones (excluding diaryl/α,β-unsaturated/α-hetero) is 1. The average Bonchev–Trinajstić information content (AvgIpc) is 3.22. The summed E-state index contributed by atoms with van der Waals surface area (Å²) in [5.41, 5.74) is 1.47. The smallest absolute Gasteiger partial charge is 0.254 e. The largest absolute Gasteiger partial charge is 0.336 e. The lowest BCUT2D eigenvalue weighted by Crippen LogP contribution is -2.44. The third kappa shape index (κ3) is 19.5. The van der Waals surface area contributed by atoms with E-state index < -0.39 is 0 Å². The van der Waals surface area contributed by atoms with Crippen LogP contribution in [0.1, 0.15) is 211 Å². The Morgan fingerprint density at radius 1 is 0.518 bits per heavy atom. The SMILES string of the molecule is CC.CCCC(C)C(CCCCCCCCN(C(=O)c1ccccc1)C(C)CC)C(CC)CCCCCCCCN(C(=O)c1ccccc1)C(CCC)C(C)=O. The number of nitrogens with zero attached hydrogens (tertiary/aromatic N) is 2. The van der Waals surface area contributed by atoms with Crippen LogP contribution in [0, 0.1) is 17.8 Å². The van der Waals surface area contributed by atoms with Crippen molar-refractivity contribution in [2.45, 2.75) is 203 Å². The van der Waals surface area contributed by atoms with Crippen LogP contribution in [0.5, 0.6) is 0 Å². The second-order valence-electron chi connectivity index (χ2n) is 16.3. The molecule has 0 saturated heterocycles. The highest BCUT2D eigenvalue weighted by Gasteiger charge is 2.27. The van der Waals surface area contributed by atoms with Crippen molar-refractivity contribution in [2.24, 2.45) is 17.8 Å². The third-order valence-electron chi connectivity index (χ3n) is 12.1. The number of hydrogen-bond donors (Lipinski definition) is 0. The molecule has 5 unspecified atom stereocenters. The van der Waals surface area contributed by atoms with Crippen molar-refractivity contribution in [1.82, 2.24) is 9.80 Å². The fraction of sp³-hybridized carbons (Fsp3) is 0.706. The quantitative estimate of drug-likeness (QED) is 0.0717. The number of amides is 2. The minimum Gasteiger partial charge on any atom is -0.336 e. The fourth-order valence-corrected chi connectivity index (χ4v) is 8.63. The lowest BCUT2D eigenvalue weighted by molar-refractivity contribution is -0.121. The molecule has 0 aliphatic rings. The molecule has 0 spiro atoms. The molecule has 0 bridgehead atoms. The van der Waals surface area contributed by atoms with E-state index in [1.165, 1.54) is 89.9 Å². The van der Waals surface area contributed by atoms with Crippen molar-refractivity contribution in [3.8, 4) is 0 Å². The standard InChI is InChI=1S/C49H80N2O3.C2H6/c1-8-30-40(5)46(37-27-17-13-15-18-28-38-50(41(6)10-3)48(53)44-33-23-20-24-34-44)43(11-4)32-22-16-12-14-19-29-39-51(47(31-9-2)42(7)52)49(54)45-35-25-21-26-36-45;1-2/h20-21,23-26,33-36,40-41,43,46-47H,8-19,22,27-32,37-39H2,1-7H3;1-2H3. The molecule has 0 radical (unpaired) electrons. The zero-order chi connectivity index (χ0) is 41.6. The molecule has 0 N–H and O–H groups in total. The molecular weight excluding hydrogens is 689 g/mol. The minimum absolute atomic E-state index is 0.0147. The summed E-state index contributed by atoms with van der Waals surface area (Å²) in [7, 11) is 0. The van der Waals surface area contributed by atoms with Gasteiger partial charge in [0, 0.05) is 30.3 Å². The van der Waals surface area contributed by atoms with Crippen LogP contribution < -0.4 is 0 Å². The van der Waals surface area contributed by atoms with E-state index in [0.29, 0.717) is 12.1 Å². The van der Waals surface area contributed by atoms with Gasteiger partial charge in [-0.05, 0) is 88.0 Å². The first-order valence-electron chi connectivity index (χ1n) is 23.4. The van der Waals surface area contributed by atoms with Crippen molar-refractivity contribution in [3.63, 3.8) is 0 Å². The van der Waals surface area contributed by atoms with Gasteiger partial charge in [-0.3, -0.25) is 14.4 Å². The van der Waals surface area contributed by atoms with Gasteiger partial charge in [-0.15, -0.1) is 0 Å². The van der Waals surface area contributed by atoms with Crippen LogP contribution in [0.3, 0.4) is 0 Å². The number of ketones is 1. The lowest BCUT2D eigenvalue weighted by Gasteiger charge is -2.32. The molecule has 5 nitrogen and oxygen atoms in total. The van der Waals surface area contributed by atoms with Gasteiger partial charge < -0.3 is 9.80 Å². The van der Waals surface area contributed by atoms with E-state index in [2.05, 4.69) is 46.4 Å². The average molecular weight is 775 g/mol. The van der Waals surface area contributed by atoms with E-state index in [-0.39, 0.29) is 29.7 Å². The number of rotatable bonds is 31. The van der Waals surface area contributed by atoms with Crippen molar-refractivity contribution < 1.29 is 14.4 Å². The monoisotopic (exact) mass is 775 g/mol. The van der Waals surface area contributed by atoms with Gasteiger partial charge in [0.25, 0.3) is 11.8 Å². The normalized spacial score (nSPS) is 13.8. The Labute approximate surface area is 346 Å². The van der Waals surface area contributed by atoms with Crippen molar-refractivity contribution >= 4 is 17.6 Å². The van der Waals surface area contributed by atoms with E-state index in [4.69, 9.17) is 0 Å². The van der Waals surface area contributed by atoms with Crippen LogP contribution in [0.2, 0.25) is 0 Å². The highest BCUT2D eigenvalue weighted by atomic mass is 16.2. The topological polar surface area (TPSA) is 57.7 Å². The van der Waals surface area contributed by atoms with E-state index >= 15 is 0 Å². The molecule has 0 fully saturated rings. The number of carbonyl (C=O) groups excluding carboxylic acids is 3. The predicted octanol–water partition coefficient (Wildman–Crippen LogP) is 14.4. The van der Waals surface area contributed by atoms with Crippen LogP contribution >= 0.6 is 0 Å². The number of carbonyl (C=O) groups is 3. The molecule has 0 aromatic heterocycles. The van der Waals surface area contributed by atoms with Crippen LogP contribution in [-0.4, -0.2) is 52.6 Å². The van der Waals surface area contributed by atoms with Crippen molar-refractivity contribution in [1.29, 1.82) is 0 Å². The first-order valence-corrected chi connectivity index (χ1v) is 23.4. The van der Waals surface area contributed by atoms with Crippen molar-refractivity contribution in [3.05, 3.63) is 71.8 Å². The van der Waals surface area contributed by atoms with Gasteiger partial charge in [0.15, 0.2) is 5.78 Å². The number of benzene rings is 2. The van der Waals surface area contributed by atoms with Gasteiger partial charge in [0.1, 0.15) is 0 Å². The second-order valence-corrected chi connectivity index (χ2v) is 16.3. The lowest BCUT2D eigenvalue weighted by atomic mass is 9.74. The summed E-state index contributed by atoms with van der Waals surface area (Å²) in [6.07, 6.45) is 23.8. The van der Waals surface area contributed by atoms with Crippen LogP contribution in [-0.2, 0) is 4.79 Å². The first-order chi connectivity index (χ1) is 27.2. The van der Waals surface area contributed by atoms with Gasteiger partial charge in [0.2, 0.25) is 0 Å². The maximum absolute atomic E-state index is 13.4. The Hall–Kier alpha value is -2.95. The molecular formula is C51H86N2O3. The molecule has 2 amide bonds. The second kappa shape index (κ2) is 32.1. The Bertz CT molecular complexity index is 1260. The summed E-state index contributed by atoms with van der Waals surface area (Å²) >= 11 is 0. The summed E-state index contributed by atoms with van der Waals surface area (Å²) in [5, 5.41) is 0. The van der Waals surface area contributed by atoms with Crippen LogP contribution in [0.4, 0.5) is 0 Å². The summed E-state index contributed by atoms with van der Waals surface area (Å²) in [6.45, 7) is 20.8. The van der Waals surface area contributed by atoms with Crippen LogP contribution in [0.15, 0.2) is 60.7 Å². The number of hydrogen-bond acceptors (Lipinski definition) is 3. The molecule has 2 rings (SSSR count). The van der Waals surface area contributed by atoms with Gasteiger partial charge in [0.05, 0.1) is 6.04 Å². The Kier molecular flexibility index (Phi) is 29.2. The summed E-state index contributed by atoms with van der Waals surface area (Å²) in [5.74, 6) is 2.69. The maximum atomic E-state index is 13.4. The molecule has 318 valence electrons.